The Hall–Kier alpha value is -0.0800. The Kier molecular flexibility index (Phi) is 1.24. The van der Waals surface area contributed by atoms with Crippen LogP contribution in [0.5, 0.6) is 0 Å². The highest BCUT2D eigenvalue weighted by molar-refractivity contribution is 5.23. The Morgan fingerprint density at radius 1 is 1.08 bits per heavy atom. The Morgan fingerprint density at radius 3 is 2.46 bits per heavy atom. The van der Waals surface area contributed by atoms with Crippen molar-refractivity contribution in [1.82, 2.24) is 0 Å². The maximum absolute atomic E-state index is 10.4. The van der Waals surface area contributed by atoms with Crippen molar-refractivity contribution in [1.29, 1.82) is 0 Å². The van der Waals surface area contributed by atoms with Crippen LogP contribution in [0.3, 0.4) is 0 Å². The number of rotatable bonds is 0. The highest BCUT2D eigenvalue weighted by Gasteiger charge is 2.72. The third-order valence-electron chi connectivity index (χ3n) is 5.18. The lowest BCUT2D eigenvalue weighted by Gasteiger charge is -2.71. The number of hydrogen-bond acceptors (Lipinski definition) is 2. The normalized spacial score (nSPS) is 64.4. The summed E-state index contributed by atoms with van der Waals surface area (Å²) in [5.74, 6) is 0.382. The first-order valence-electron chi connectivity index (χ1n) is 5.45. The molecule has 3 aliphatic carbocycles. The van der Waals surface area contributed by atoms with Crippen LogP contribution in [0.15, 0.2) is 0 Å². The Morgan fingerprint density at radius 2 is 1.85 bits per heavy atom. The minimum Gasteiger partial charge on any atom is -0.387 e. The first kappa shape index (κ1) is 8.25. The van der Waals surface area contributed by atoms with Gasteiger partial charge in [0.15, 0.2) is 0 Å². The summed E-state index contributed by atoms with van der Waals surface area (Å²) >= 11 is 0. The monoisotopic (exact) mass is 182 g/mol. The number of aliphatic hydroxyl groups is 2. The molecular weight excluding hydrogens is 164 g/mol. The van der Waals surface area contributed by atoms with Crippen molar-refractivity contribution in [2.75, 3.05) is 0 Å². The van der Waals surface area contributed by atoms with Crippen LogP contribution in [0.2, 0.25) is 0 Å². The van der Waals surface area contributed by atoms with Crippen molar-refractivity contribution in [2.45, 2.75) is 56.7 Å². The lowest BCUT2D eigenvalue weighted by Crippen LogP contribution is -2.77. The summed E-state index contributed by atoms with van der Waals surface area (Å²) in [7, 11) is 0. The summed E-state index contributed by atoms with van der Waals surface area (Å²) in [4.78, 5) is 0. The Balaban J connectivity index is 2.04. The average Bonchev–Trinajstić information content (AvgIpc) is 2.08. The molecule has 13 heavy (non-hydrogen) atoms. The van der Waals surface area contributed by atoms with Gasteiger partial charge in [0.25, 0.3) is 0 Å². The molecule has 0 aromatic carbocycles. The second-order valence-electron chi connectivity index (χ2n) is 5.72. The SMILES string of the molecule is C[C@@]12CCC[C@@]3(O)[C@@H]1C[C@@]3(O)CC2. The topological polar surface area (TPSA) is 40.5 Å². The van der Waals surface area contributed by atoms with Crippen molar-refractivity contribution in [3.63, 3.8) is 0 Å². The molecule has 3 saturated carbocycles. The van der Waals surface area contributed by atoms with Gasteiger partial charge in [0.2, 0.25) is 0 Å². The van der Waals surface area contributed by atoms with Gasteiger partial charge in [0.1, 0.15) is 0 Å². The van der Waals surface area contributed by atoms with Gasteiger partial charge in [0, 0.05) is 0 Å². The first-order valence-corrected chi connectivity index (χ1v) is 5.45. The van der Waals surface area contributed by atoms with E-state index in [0.29, 0.717) is 11.3 Å². The van der Waals surface area contributed by atoms with Crippen LogP contribution in [0.25, 0.3) is 0 Å². The third-order valence-corrected chi connectivity index (χ3v) is 5.18. The van der Waals surface area contributed by atoms with E-state index in [1.807, 2.05) is 0 Å². The average molecular weight is 182 g/mol. The van der Waals surface area contributed by atoms with Crippen molar-refractivity contribution in [2.24, 2.45) is 11.3 Å². The zero-order valence-electron chi connectivity index (χ0n) is 8.21. The van der Waals surface area contributed by atoms with Gasteiger partial charge in [-0.05, 0) is 49.9 Å². The molecule has 0 radical (unpaired) electrons. The molecule has 3 aliphatic rings. The van der Waals surface area contributed by atoms with Crippen LogP contribution in [0.1, 0.15) is 45.4 Å². The zero-order chi connectivity index (χ0) is 9.32. The first-order chi connectivity index (χ1) is 6.00. The molecule has 4 atom stereocenters. The standard InChI is InChI=1S/C11H18O2/c1-9-3-2-4-11(13)8(9)7-10(11,12)6-5-9/h8,12-13H,2-7H2,1H3/t8-,9+,10+,11-/m1/s1. The highest BCUT2D eigenvalue weighted by Crippen LogP contribution is 2.68. The van der Waals surface area contributed by atoms with Crippen LogP contribution in [0, 0.1) is 11.3 Å². The predicted octanol–water partition coefficient (Wildman–Crippen LogP) is 1.45. The Labute approximate surface area is 79.0 Å². The lowest BCUT2D eigenvalue weighted by atomic mass is 9.38. The largest absolute Gasteiger partial charge is 0.387 e. The molecule has 0 aromatic rings. The van der Waals surface area contributed by atoms with E-state index in [2.05, 4.69) is 6.92 Å². The molecule has 3 rings (SSSR count). The molecule has 3 fully saturated rings. The van der Waals surface area contributed by atoms with Crippen molar-refractivity contribution >= 4 is 0 Å². The summed E-state index contributed by atoms with van der Waals surface area (Å²) in [6.45, 7) is 2.29. The zero-order valence-corrected chi connectivity index (χ0v) is 8.21. The van der Waals surface area contributed by atoms with Crippen molar-refractivity contribution in [3.8, 4) is 0 Å². The minimum absolute atomic E-state index is 0.331. The molecule has 2 bridgehead atoms. The maximum atomic E-state index is 10.4. The van der Waals surface area contributed by atoms with Crippen LogP contribution < -0.4 is 0 Å². The molecule has 2 heteroatoms. The third kappa shape index (κ3) is 0.701. The molecule has 0 heterocycles. The fourth-order valence-corrected chi connectivity index (χ4v) is 4.15. The van der Waals surface area contributed by atoms with Crippen molar-refractivity contribution in [3.05, 3.63) is 0 Å². The summed E-state index contributed by atoms with van der Waals surface area (Å²) in [6.07, 6.45) is 5.93. The molecule has 0 unspecified atom stereocenters. The molecule has 74 valence electrons. The smallest absolute Gasteiger partial charge is 0.0967 e. The number of hydrogen-bond donors (Lipinski definition) is 2. The van der Waals surface area contributed by atoms with Crippen LogP contribution >= 0.6 is 0 Å². The second-order valence-corrected chi connectivity index (χ2v) is 5.72. The van der Waals surface area contributed by atoms with Gasteiger partial charge in [-0.1, -0.05) is 6.92 Å². The summed E-state index contributed by atoms with van der Waals surface area (Å²) < 4.78 is 0. The van der Waals surface area contributed by atoms with E-state index in [1.54, 1.807) is 0 Å². The summed E-state index contributed by atoms with van der Waals surface area (Å²) in [5.41, 5.74) is -1.09. The van der Waals surface area contributed by atoms with Gasteiger partial charge < -0.3 is 10.2 Å². The van der Waals surface area contributed by atoms with E-state index < -0.39 is 11.2 Å². The van der Waals surface area contributed by atoms with E-state index in [4.69, 9.17) is 0 Å². The summed E-state index contributed by atoms with van der Waals surface area (Å²) in [5, 5.41) is 20.6. The molecular formula is C11H18O2. The van der Waals surface area contributed by atoms with Gasteiger partial charge in [-0.3, -0.25) is 0 Å². The molecule has 0 saturated heterocycles. The quantitative estimate of drug-likeness (QED) is 0.595. The lowest BCUT2D eigenvalue weighted by molar-refractivity contribution is -0.334. The van der Waals surface area contributed by atoms with Gasteiger partial charge in [0.05, 0.1) is 11.2 Å². The highest BCUT2D eigenvalue weighted by atomic mass is 16.4. The maximum Gasteiger partial charge on any atom is 0.0967 e. The predicted molar refractivity (Wildman–Crippen MR) is 49.2 cm³/mol. The molecule has 0 aromatic heterocycles. The molecule has 2 nitrogen and oxygen atoms in total. The molecule has 2 N–H and O–H groups in total. The molecule has 0 spiro atoms. The molecule has 0 amide bonds. The number of fused-ring (bicyclic) bond motifs is 2. The minimum atomic E-state index is -0.711. The van der Waals surface area contributed by atoms with Crippen LogP contribution in [-0.2, 0) is 0 Å². The van der Waals surface area contributed by atoms with Gasteiger partial charge in [-0.15, -0.1) is 0 Å². The van der Waals surface area contributed by atoms with Crippen LogP contribution in [0.4, 0.5) is 0 Å². The van der Waals surface area contributed by atoms with E-state index in [0.717, 1.165) is 32.1 Å². The van der Waals surface area contributed by atoms with E-state index in [-0.39, 0.29) is 0 Å². The second kappa shape index (κ2) is 1.96. The van der Waals surface area contributed by atoms with Gasteiger partial charge in [-0.2, -0.15) is 0 Å². The van der Waals surface area contributed by atoms with E-state index >= 15 is 0 Å². The van der Waals surface area contributed by atoms with E-state index in [1.165, 1.54) is 6.42 Å². The van der Waals surface area contributed by atoms with Crippen molar-refractivity contribution < 1.29 is 10.2 Å². The van der Waals surface area contributed by atoms with Crippen LogP contribution in [-0.4, -0.2) is 21.4 Å². The molecule has 0 aliphatic heterocycles. The summed E-state index contributed by atoms with van der Waals surface area (Å²) in [6, 6.07) is 0. The van der Waals surface area contributed by atoms with Gasteiger partial charge >= 0.3 is 0 Å². The fourth-order valence-electron chi connectivity index (χ4n) is 4.15. The van der Waals surface area contributed by atoms with Gasteiger partial charge in [-0.25, -0.2) is 0 Å². The Bertz CT molecular complexity index is 261. The fraction of sp³-hybridized carbons (Fsp3) is 1.00. The van der Waals surface area contributed by atoms with E-state index in [9.17, 15) is 10.2 Å².